The van der Waals surface area contributed by atoms with Crippen molar-refractivity contribution in [2.75, 3.05) is 0 Å². The molecule has 0 spiro atoms. The molecule has 1 saturated carbocycles. The number of hydrogen-bond acceptors (Lipinski definition) is 3. The van der Waals surface area contributed by atoms with Crippen molar-refractivity contribution in [3.8, 4) is 0 Å². The number of nitrogens with one attached hydrogen (secondary N) is 1. The predicted molar refractivity (Wildman–Crippen MR) is 117 cm³/mol. The van der Waals surface area contributed by atoms with Crippen molar-refractivity contribution in [3.05, 3.63) is 75.6 Å². The van der Waals surface area contributed by atoms with Crippen LogP contribution in [0.15, 0.2) is 47.5 Å². The summed E-state index contributed by atoms with van der Waals surface area (Å²) >= 11 is 0. The highest BCUT2D eigenvalue weighted by molar-refractivity contribution is 6.03. The number of primary amides is 1. The van der Waals surface area contributed by atoms with Crippen LogP contribution in [0.1, 0.15) is 66.6 Å². The van der Waals surface area contributed by atoms with Gasteiger partial charge in [0.15, 0.2) is 5.43 Å². The maximum Gasteiger partial charge on any atom is 0.268 e. The second-order valence-electron chi connectivity index (χ2n) is 7.93. The molecule has 3 N–H and O–H groups in total. The third-order valence-corrected chi connectivity index (χ3v) is 5.94. The first-order valence-electron chi connectivity index (χ1n) is 10.4. The normalized spacial score (nSPS) is 18.5. The summed E-state index contributed by atoms with van der Waals surface area (Å²) in [6.45, 7) is 4.32. The van der Waals surface area contributed by atoms with E-state index in [-0.39, 0.29) is 22.3 Å². The van der Waals surface area contributed by atoms with Crippen molar-refractivity contribution in [1.29, 1.82) is 0 Å². The number of rotatable bonds is 3. The van der Waals surface area contributed by atoms with E-state index in [9.17, 15) is 14.0 Å². The van der Waals surface area contributed by atoms with Gasteiger partial charge >= 0.3 is 0 Å². The summed E-state index contributed by atoms with van der Waals surface area (Å²) in [6, 6.07) is 8.22. The topological polar surface area (TPSA) is 88.8 Å². The quantitative estimate of drug-likeness (QED) is 0.649. The van der Waals surface area contributed by atoms with E-state index in [2.05, 4.69) is 16.9 Å². The number of carbonyl (C=O) groups excluding carboxylic acids is 1. The predicted octanol–water partition coefficient (Wildman–Crippen LogP) is 4.84. The van der Waals surface area contributed by atoms with Crippen molar-refractivity contribution in [2.24, 2.45) is 11.7 Å². The van der Waals surface area contributed by atoms with Crippen LogP contribution < -0.4 is 11.2 Å². The molecule has 2 unspecified atom stereocenters. The fraction of sp³-hybridized carbons (Fsp3) is 0.375. The molecule has 0 aliphatic heterocycles. The second kappa shape index (κ2) is 9.65. The van der Waals surface area contributed by atoms with Gasteiger partial charge in [-0.15, -0.1) is 0 Å². The van der Waals surface area contributed by atoms with Crippen molar-refractivity contribution in [2.45, 2.75) is 51.9 Å². The van der Waals surface area contributed by atoms with Crippen molar-refractivity contribution in [1.82, 2.24) is 9.97 Å². The number of aryl methyl sites for hydroxylation is 1. The van der Waals surface area contributed by atoms with E-state index in [1.165, 1.54) is 56.1 Å². The van der Waals surface area contributed by atoms with Crippen LogP contribution >= 0.6 is 0 Å². The molecule has 0 bridgehead atoms. The number of aromatic amines is 1. The van der Waals surface area contributed by atoms with Crippen LogP contribution in [-0.4, -0.2) is 15.9 Å². The van der Waals surface area contributed by atoms with E-state index in [0.29, 0.717) is 11.4 Å². The Morgan fingerprint density at radius 1 is 1.27 bits per heavy atom. The maximum atomic E-state index is 13.1. The van der Waals surface area contributed by atoms with E-state index in [1.54, 1.807) is 18.2 Å². The molecular weight excluding hydrogens is 381 g/mol. The zero-order chi connectivity index (χ0) is 21.7. The maximum absolute atomic E-state index is 13.1. The Hall–Kier alpha value is -3.02. The molecule has 2 aromatic heterocycles. The summed E-state index contributed by atoms with van der Waals surface area (Å²) in [5, 5.41) is 0.238. The molecule has 3 aromatic rings. The average molecular weight is 410 g/mol. The summed E-state index contributed by atoms with van der Waals surface area (Å²) in [4.78, 5) is 29.0. The smallest absolute Gasteiger partial charge is 0.268 e. The molecule has 1 fully saturated rings. The molecule has 4 rings (SSSR count). The fourth-order valence-corrected chi connectivity index (χ4v) is 4.35. The number of hydrogen-bond donors (Lipinski definition) is 2. The van der Waals surface area contributed by atoms with Crippen LogP contribution in [0.3, 0.4) is 0 Å². The van der Waals surface area contributed by atoms with Crippen LogP contribution in [0.5, 0.6) is 0 Å². The Balaban J connectivity index is 0.000000172. The van der Waals surface area contributed by atoms with Crippen LogP contribution in [0, 0.1) is 18.7 Å². The SMILES string of the molecule is CCC1CCCC(c2ccc(F)cc2C)C1.NC(=O)c1nccc2[nH]ccc(=O)c12. The molecule has 0 saturated heterocycles. The van der Waals surface area contributed by atoms with Crippen LogP contribution in [0.2, 0.25) is 0 Å². The first-order chi connectivity index (χ1) is 14.4. The number of nitrogens with zero attached hydrogens (tertiary/aromatic N) is 1. The Morgan fingerprint density at radius 2 is 2.07 bits per heavy atom. The minimum atomic E-state index is -0.702. The van der Waals surface area contributed by atoms with Crippen molar-refractivity contribution >= 4 is 16.8 Å². The number of amides is 1. The van der Waals surface area contributed by atoms with E-state index >= 15 is 0 Å². The minimum absolute atomic E-state index is 0.00403. The lowest BCUT2D eigenvalue weighted by Gasteiger charge is -2.29. The Labute approximate surface area is 175 Å². The molecular formula is C24H28FN3O2. The van der Waals surface area contributed by atoms with Crippen LogP contribution in [0.25, 0.3) is 10.9 Å². The van der Waals surface area contributed by atoms with Gasteiger partial charge in [-0.3, -0.25) is 14.6 Å². The van der Waals surface area contributed by atoms with E-state index in [4.69, 9.17) is 5.73 Å². The van der Waals surface area contributed by atoms with Crippen LogP contribution in [0.4, 0.5) is 4.39 Å². The van der Waals surface area contributed by atoms with Gasteiger partial charge in [0.1, 0.15) is 11.5 Å². The third kappa shape index (κ3) is 4.93. The van der Waals surface area contributed by atoms with Gasteiger partial charge in [0.2, 0.25) is 0 Å². The summed E-state index contributed by atoms with van der Waals surface area (Å²) in [7, 11) is 0. The zero-order valence-corrected chi connectivity index (χ0v) is 17.5. The highest BCUT2D eigenvalue weighted by Gasteiger charge is 2.23. The first-order valence-corrected chi connectivity index (χ1v) is 10.4. The van der Waals surface area contributed by atoms with E-state index in [1.807, 2.05) is 13.0 Å². The third-order valence-electron chi connectivity index (χ3n) is 5.94. The molecule has 2 atom stereocenters. The molecule has 5 nitrogen and oxygen atoms in total. The molecule has 1 amide bonds. The van der Waals surface area contributed by atoms with Crippen LogP contribution in [-0.2, 0) is 0 Å². The zero-order valence-electron chi connectivity index (χ0n) is 17.5. The molecule has 158 valence electrons. The number of H-pyrrole nitrogens is 1. The number of carbonyl (C=O) groups is 1. The lowest BCUT2D eigenvalue weighted by Crippen LogP contribution is -2.17. The molecule has 0 radical (unpaired) electrons. The number of benzene rings is 1. The summed E-state index contributed by atoms with van der Waals surface area (Å²) < 4.78 is 13.1. The Morgan fingerprint density at radius 3 is 2.77 bits per heavy atom. The Kier molecular flexibility index (Phi) is 6.98. The van der Waals surface area contributed by atoms with Gasteiger partial charge in [-0.1, -0.05) is 32.3 Å². The van der Waals surface area contributed by atoms with Gasteiger partial charge in [0, 0.05) is 18.5 Å². The molecule has 2 heterocycles. The van der Waals surface area contributed by atoms with E-state index in [0.717, 1.165) is 11.5 Å². The second-order valence-corrected chi connectivity index (χ2v) is 7.93. The number of fused-ring (bicyclic) bond motifs is 1. The van der Waals surface area contributed by atoms with Gasteiger partial charge < -0.3 is 10.7 Å². The monoisotopic (exact) mass is 409 g/mol. The van der Waals surface area contributed by atoms with Gasteiger partial charge in [-0.2, -0.15) is 0 Å². The minimum Gasteiger partial charge on any atom is -0.364 e. The lowest BCUT2D eigenvalue weighted by molar-refractivity contribution is 0.0997. The van der Waals surface area contributed by atoms with Crippen molar-refractivity contribution in [3.63, 3.8) is 0 Å². The summed E-state index contributed by atoms with van der Waals surface area (Å²) in [5.41, 5.74) is 7.89. The Bertz CT molecular complexity index is 1090. The average Bonchev–Trinajstić information content (AvgIpc) is 2.74. The van der Waals surface area contributed by atoms with E-state index < -0.39 is 5.91 Å². The highest BCUT2D eigenvalue weighted by atomic mass is 19.1. The number of aromatic nitrogens is 2. The van der Waals surface area contributed by atoms with Crippen molar-refractivity contribution < 1.29 is 9.18 Å². The lowest BCUT2D eigenvalue weighted by atomic mass is 9.76. The summed E-state index contributed by atoms with van der Waals surface area (Å²) in [5.74, 6) is 0.735. The molecule has 1 aromatic carbocycles. The number of halogens is 1. The van der Waals surface area contributed by atoms with Gasteiger partial charge in [0.25, 0.3) is 5.91 Å². The standard InChI is InChI=1S/C15H21F.C9H7N3O2/c1-3-12-5-4-6-13(10-12)15-8-7-14(16)9-11(15)2;10-9(14)8-7-5(1-3-12-8)11-4-2-6(7)13/h7-9,12-13H,3-6,10H2,1-2H3;1-4H,(H2,10,14)(H,11,13). The molecule has 30 heavy (non-hydrogen) atoms. The van der Waals surface area contributed by atoms with Gasteiger partial charge in [-0.05, 0) is 60.9 Å². The van der Waals surface area contributed by atoms with Gasteiger partial charge in [-0.25, -0.2) is 4.39 Å². The number of pyridine rings is 2. The molecule has 1 aliphatic carbocycles. The fourth-order valence-electron chi connectivity index (χ4n) is 4.35. The largest absolute Gasteiger partial charge is 0.364 e. The highest BCUT2D eigenvalue weighted by Crippen LogP contribution is 2.38. The summed E-state index contributed by atoms with van der Waals surface area (Å²) in [6.07, 6.45) is 9.52. The number of nitrogens with two attached hydrogens (primary N) is 1. The first kappa shape index (κ1) is 21.7. The van der Waals surface area contributed by atoms with Gasteiger partial charge in [0.05, 0.1) is 10.9 Å². The molecule has 1 aliphatic rings. The molecule has 6 heteroatoms.